The van der Waals surface area contributed by atoms with Crippen LogP contribution in [0.25, 0.3) is 186 Å². The lowest BCUT2D eigenvalue weighted by molar-refractivity contribution is 0.670. The van der Waals surface area contributed by atoms with Gasteiger partial charge in [0.15, 0.2) is 0 Å². The van der Waals surface area contributed by atoms with Crippen LogP contribution >= 0.6 is 11.3 Å². The molecule has 0 saturated heterocycles. The molecule has 0 spiro atoms. The Morgan fingerprint density at radius 2 is 0.524 bits per heavy atom. The van der Waals surface area contributed by atoms with Crippen molar-refractivity contribution in [2.45, 2.75) is 0 Å². The van der Waals surface area contributed by atoms with E-state index in [1.807, 2.05) is 114 Å². The zero-order valence-corrected chi connectivity index (χ0v) is 68.8. The molecule has 24 aromatic rings. The van der Waals surface area contributed by atoms with Crippen LogP contribution in [0.2, 0.25) is 0 Å². The number of nitrogens with zero attached hydrogens (tertiary/aromatic N) is 4. The van der Waals surface area contributed by atoms with Crippen molar-refractivity contribution in [3.8, 4) is 100 Å². The van der Waals surface area contributed by atoms with E-state index in [4.69, 9.17) is 18.1 Å². The predicted octanol–water partition coefficient (Wildman–Crippen LogP) is 34.1. The Kier molecular flexibility index (Phi) is 16.5. The van der Waals surface area contributed by atoms with E-state index in [0.717, 1.165) is 161 Å². The summed E-state index contributed by atoms with van der Waals surface area (Å²) >= 11 is 1.84. The average Bonchev–Trinajstić information content (AvgIpc) is 1.60. The molecule has 4 aromatic heterocycles. The first-order chi connectivity index (χ1) is 66.6. The lowest BCUT2D eigenvalue weighted by Gasteiger charge is -2.26. The fourth-order valence-electron chi connectivity index (χ4n) is 18.2. The van der Waals surface area contributed by atoms with E-state index in [1.165, 1.54) is 48.0 Å². The lowest BCUT2D eigenvalue weighted by atomic mass is 9.98. The number of fused-ring (bicyclic) bond motifs is 12. The number of benzene rings is 20. The van der Waals surface area contributed by atoms with Crippen LogP contribution in [-0.2, 0) is 0 Å². The molecule has 126 heavy (non-hydrogen) atoms. The Balaban J connectivity index is 0.000000153. The third-order valence-electron chi connectivity index (χ3n) is 24.2. The summed E-state index contributed by atoms with van der Waals surface area (Å²) in [6, 6.07) is 145. The fourth-order valence-corrected chi connectivity index (χ4v) is 19.4. The van der Waals surface area contributed by atoms with Gasteiger partial charge >= 0.3 is 0 Å². The smallest absolute Gasteiger partial charge is 0.143 e. The Morgan fingerprint density at radius 3 is 0.968 bits per heavy atom. The minimum atomic E-state index is -0.413. The van der Waals surface area contributed by atoms with E-state index in [9.17, 15) is 0 Å². The molecule has 24 rings (SSSR count). The SMILES string of the molecule is [2H]c1c([2H])c([2H])c(-n2c3ccccc3c3cc(-c4ccc(N(c5ccc(-c6cccc(-c7ccccc7)c6)cc5)c5ccc(-c6cccc7c6oc6ccccc67)cc5)cc4)ccc32)c([2H])c1[2H].[2H]c1c([2H])c([2H])c(-n2c3ccccc3c3cc(-c4ccc(N(c5ccc(-c6cccc(-c7ccccc7)c6)cc5)c5ccc(-c6cccc7c6sc6ccccc67)cc5)cc4)ccc32)c([2H])c1[2H]. The van der Waals surface area contributed by atoms with Gasteiger partial charge in [0.2, 0.25) is 0 Å². The Morgan fingerprint density at radius 1 is 0.214 bits per heavy atom. The number of aromatic nitrogens is 2. The standard InChI is InChI=1S/C60H40N2O.C60H40N2S/c2*1-3-13-41(14-4-1)45-15-11-16-46(39-45)42-25-32-49(33-26-42)61(51-36-29-44(30-37-51)52-21-12-22-55-54-20-8-10-24-59(54)63-60(52)55)50-34-27-43(28-35-50)47-31-38-58-56(40-47)53-19-7-9-23-57(53)62(58)48-17-5-2-6-18-48/h2*1-40H/i2*2D,5D,6D,17D,18D. The van der Waals surface area contributed by atoms with Crippen LogP contribution in [-0.4, -0.2) is 9.13 Å². The molecule has 0 bridgehead atoms. The van der Waals surface area contributed by atoms with E-state index < -0.39 is 12.1 Å². The molecule has 0 aliphatic heterocycles. The minimum Gasteiger partial charge on any atom is -0.455 e. The van der Waals surface area contributed by atoms with Gasteiger partial charge in [0.05, 0.1) is 35.8 Å². The molecule has 5 nitrogen and oxygen atoms in total. The first kappa shape index (κ1) is 64.5. The van der Waals surface area contributed by atoms with Gasteiger partial charge in [0.1, 0.15) is 11.2 Å². The zero-order chi connectivity index (χ0) is 92.1. The Hall–Kier alpha value is -16.4. The van der Waals surface area contributed by atoms with E-state index in [1.54, 1.807) is 9.13 Å². The molecule has 0 amide bonds. The van der Waals surface area contributed by atoms with Crippen LogP contribution < -0.4 is 9.80 Å². The molecule has 0 unspecified atom stereocenters. The fraction of sp³-hybridized carbons (Fsp3) is 0. The molecular formula is C120H80N4OS. The van der Waals surface area contributed by atoms with Gasteiger partial charge in [0.25, 0.3) is 0 Å². The molecule has 592 valence electrons. The van der Waals surface area contributed by atoms with Crippen molar-refractivity contribution in [1.29, 1.82) is 0 Å². The zero-order valence-electron chi connectivity index (χ0n) is 78.0. The summed E-state index contributed by atoms with van der Waals surface area (Å²) < 4.78 is 97.8. The van der Waals surface area contributed by atoms with E-state index in [0.29, 0.717) is 0 Å². The summed E-state index contributed by atoms with van der Waals surface area (Å²) in [5.41, 5.74) is 28.9. The van der Waals surface area contributed by atoms with Gasteiger partial charge in [-0.25, -0.2) is 0 Å². The second kappa shape index (κ2) is 32.2. The van der Waals surface area contributed by atoms with Gasteiger partial charge in [0, 0.05) is 104 Å². The first-order valence-electron chi connectivity index (χ1n) is 47.2. The quantitative estimate of drug-likeness (QED) is 0.0966. The normalized spacial score (nSPS) is 12.6. The van der Waals surface area contributed by atoms with Gasteiger partial charge in [-0.05, 0) is 241 Å². The summed E-state index contributed by atoms with van der Waals surface area (Å²) in [5.74, 6) is 0. The summed E-state index contributed by atoms with van der Waals surface area (Å²) in [5, 5.41) is 8.47. The first-order valence-corrected chi connectivity index (χ1v) is 43.0. The molecule has 4 heterocycles. The molecule has 0 saturated carbocycles. The number of para-hydroxylation sites is 6. The number of hydrogen-bond donors (Lipinski definition) is 0. The highest BCUT2D eigenvalue weighted by Crippen LogP contribution is 2.47. The molecule has 0 N–H and O–H groups in total. The van der Waals surface area contributed by atoms with Gasteiger partial charge in [-0.15, -0.1) is 11.3 Å². The molecule has 0 aliphatic rings. The summed E-state index contributed by atoms with van der Waals surface area (Å²) in [6.45, 7) is 0. The molecule has 6 heteroatoms. The van der Waals surface area contributed by atoms with Crippen molar-refractivity contribution in [2.24, 2.45) is 0 Å². The topological polar surface area (TPSA) is 29.5 Å². The largest absolute Gasteiger partial charge is 0.455 e. The highest BCUT2D eigenvalue weighted by molar-refractivity contribution is 7.26. The molecular weight excluding hydrogens is 1550 g/mol. The van der Waals surface area contributed by atoms with Gasteiger partial charge in [-0.3, -0.25) is 0 Å². The van der Waals surface area contributed by atoms with Crippen LogP contribution in [0, 0.1) is 0 Å². The van der Waals surface area contributed by atoms with Crippen LogP contribution in [0.15, 0.2) is 489 Å². The number of furan rings is 1. The van der Waals surface area contributed by atoms with Crippen LogP contribution in [0.5, 0.6) is 0 Å². The summed E-state index contributed by atoms with van der Waals surface area (Å²) in [7, 11) is 0. The summed E-state index contributed by atoms with van der Waals surface area (Å²) in [4.78, 5) is 4.57. The Labute approximate surface area is 749 Å². The van der Waals surface area contributed by atoms with Crippen LogP contribution in [0.3, 0.4) is 0 Å². The number of thiophene rings is 1. The highest BCUT2D eigenvalue weighted by Gasteiger charge is 2.22. The molecule has 0 atom stereocenters. The van der Waals surface area contributed by atoms with E-state index in [2.05, 4.69) is 331 Å². The van der Waals surface area contributed by atoms with Crippen molar-refractivity contribution in [1.82, 2.24) is 9.13 Å². The van der Waals surface area contributed by atoms with E-state index >= 15 is 0 Å². The second-order valence-corrected chi connectivity index (χ2v) is 32.6. The van der Waals surface area contributed by atoms with Gasteiger partial charge in [-0.2, -0.15) is 0 Å². The Bertz CT molecular complexity index is 8250. The van der Waals surface area contributed by atoms with Crippen molar-refractivity contribution >= 4 is 131 Å². The lowest BCUT2D eigenvalue weighted by Crippen LogP contribution is -2.09. The summed E-state index contributed by atoms with van der Waals surface area (Å²) in [6.07, 6.45) is 0. The average molecular weight is 1640 g/mol. The van der Waals surface area contributed by atoms with Crippen molar-refractivity contribution < 1.29 is 18.1 Å². The van der Waals surface area contributed by atoms with Crippen molar-refractivity contribution in [3.05, 3.63) is 485 Å². The molecule has 20 aromatic carbocycles. The predicted molar refractivity (Wildman–Crippen MR) is 535 cm³/mol. The number of anilines is 6. The third kappa shape index (κ3) is 13.8. The molecule has 0 fully saturated rings. The maximum Gasteiger partial charge on any atom is 0.143 e. The monoisotopic (exact) mass is 1630 g/mol. The molecule has 0 radical (unpaired) electrons. The van der Waals surface area contributed by atoms with E-state index in [-0.39, 0.29) is 59.7 Å². The van der Waals surface area contributed by atoms with Crippen LogP contribution in [0.1, 0.15) is 13.7 Å². The van der Waals surface area contributed by atoms with Crippen LogP contribution in [0.4, 0.5) is 34.1 Å². The maximum absolute atomic E-state index is 8.81. The van der Waals surface area contributed by atoms with Crippen molar-refractivity contribution in [2.75, 3.05) is 9.80 Å². The van der Waals surface area contributed by atoms with Crippen molar-refractivity contribution in [3.63, 3.8) is 0 Å². The molecule has 0 aliphatic carbocycles. The van der Waals surface area contributed by atoms with Gasteiger partial charge < -0.3 is 23.4 Å². The highest BCUT2D eigenvalue weighted by atomic mass is 32.1. The minimum absolute atomic E-state index is 0.132. The third-order valence-corrected chi connectivity index (χ3v) is 25.4. The maximum atomic E-state index is 8.81. The number of rotatable bonds is 16. The second-order valence-electron chi connectivity index (χ2n) is 31.5. The number of hydrogen-bond acceptors (Lipinski definition) is 4. The van der Waals surface area contributed by atoms with Gasteiger partial charge in [-0.1, -0.05) is 327 Å².